The number of aromatic nitrogens is 1. The van der Waals surface area contributed by atoms with Gasteiger partial charge in [0.2, 0.25) is 0 Å². The van der Waals surface area contributed by atoms with E-state index in [1.807, 2.05) is 6.07 Å². The molecule has 100 valence electrons. The molecular formula is C13H21N3O2. The summed E-state index contributed by atoms with van der Waals surface area (Å²) in [6.07, 6.45) is 2.41. The lowest BCUT2D eigenvalue weighted by Crippen LogP contribution is -2.25. The van der Waals surface area contributed by atoms with E-state index < -0.39 is 0 Å². The Bertz CT molecular complexity index is 373. The number of hydrogen-bond acceptors (Lipinski definition) is 5. The van der Waals surface area contributed by atoms with Gasteiger partial charge in [0.25, 0.3) is 0 Å². The van der Waals surface area contributed by atoms with Gasteiger partial charge in [-0.05, 0) is 12.5 Å². The zero-order valence-electron chi connectivity index (χ0n) is 10.8. The molecule has 0 spiro atoms. The SMILES string of the molecule is COCCNCc1cccnc1N1CCC(O)C1. The van der Waals surface area contributed by atoms with E-state index in [9.17, 15) is 5.11 Å². The van der Waals surface area contributed by atoms with Gasteiger partial charge in [-0.15, -0.1) is 0 Å². The highest BCUT2D eigenvalue weighted by Crippen LogP contribution is 2.21. The molecule has 18 heavy (non-hydrogen) atoms. The predicted octanol–water partition coefficient (Wildman–Crippen LogP) is 0.389. The van der Waals surface area contributed by atoms with Crippen LogP contribution in [0.2, 0.25) is 0 Å². The molecule has 2 rings (SSSR count). The molecule has 1 saturated heterocycles. The molecule has 1 aliphatic rings. The molecule has 1 unspecified atom stereocenters. The van der Waals surface area contributed by atoms with Gasteiger partial charge in [0.15, 0.2) is 0 Å². The minimum Gasteiger partial charge on any atom is -0.391 e. The third-order valence-electron chi connectivity index (χ3n) is 3.13. The summed E-state index contributed by atoms with van der Waals surface area (Å²) in [5.74, 6) is 0.985. The lowest BCUT2D eigenvalue weighted by molar-refractivity contribution is 0.198. The molecule has 5 heteroatoms. The minimum atomic E-state index is -0.221. The average molecular weight is 251 g/mol. The highest BCUT2D eigenvalue weighted by atomic mass is 16.5. The number of pyridine rings is 1. The number of nitrogens with zero attached hydrogens (tertiary/aromatic N) is 2. The molecule has 1 atom stereocenters. The first kappa shape index (κ1) is 13.3. The van der Waals surface area contributed by atoms with Crippen LogP contribution in [0.1, 0.15) is 12.0 Å². The molecule has 0 saturated carbocycles. The van der Waals surface area contributed by atoms with Gasteiger partial charge in [-0.2, -0.15) is 0 Å². The van der Waals surface area contributed by atoms with Crippen molar-refractivity contribution in [3.8, 4) is 0 Å². The highest BCUT2D eigenvalue weighted by molar-refractivity contribution is 5.47. The number of hydrogen-bond donors (Lipinski definition) is 2. The molecular weight excluding hydrogens is 230 g/mol. The van der Waals surface area contributed by atoms with Crippen molar-refractivity contribution >= 4 is 5.82 Å². The van der Waals surface area contributed by atoms with Gasteiger partial charge in [0.05, 0.1) is 12.7 Å². The highest BCUT2D eigenvalue weighted by Gasteiger charge is 2.22. The number of aliphatic hydroxyl groups excluding tert-OH is 1. The second kappa shape index (κ2) is 6.68. The first-order chi connectivity index (χ1) is 8.81. The predicted molar refractivity (Wildman–Crippen MR) is 70.7 cm³/mol. The molecule has 5 nitrogen and oxygen atoms in total. The van der Waals surface area contributed by atoms with Gasteiger partial charge >= 0.3 is 0 Å². The second-order valence-electron chi connectivity index (χ2n) is 4.54. The summed E-state index contributed by atoms with van der Waals surface area (Å²) >= 11 is 0. The second-order valence-corrected chi connectivity index (χ2v) is 4.54. The monoisotopic (exact) mass is 251 g/mol. The number of ether oxygens (including phenoxy) is 1. The Morgan fingerprint density at radius 3 is 3.22 bits per heavy atom. The number of rotatable bonds is 6. The van der Waals surface area contributed by atoms with Crippen molar-refractivity contribution in [2.75, 3.05) is 38.3 Å². The molecule has 0 aromatic carbocycles. The molecule has 2 heterocycles. The summed E-state index contributed by atoms with van der Waals surface area (Å²) in [6, 6.07) is 4.02. The fourth-order valence-electron chi connectivity index (χ4n) is 2.18. The van der Waals surface area contributed by atoms with Crippen LogP contribution in [0.3, 0.4) is 0 Å². The molecule has 2 N–H and O–H groups in total. The van der Waals surface area contributed by atoms with Gasteiger partial charge < -0.3 is 20.1 Å². The number of β-amino-alcohol motifs (C(OH)–C–C–N with tert-alkyl or cyclic N) is 1. The normalized spacial score (nSPS) is 19.4. The number of anilines is 1. The van der Waals surface area contributed by atoms with Gasteiger partial charge in [0.1, 0.15) is 5.82 Å². The van der Waals surface area contributed by atoms with Crippen molar-refractivity contribution < 1.29 is 9.84 Å². The van der Waals surface area contributed by atoms with Crippen molar-refractivity contribution in [1.82, 2.24) is 10.3 Å². The van der Waals surface area contributed by atoms with Crippen LogP contribution in [-0.4, -0.2) is 49.5 Å². The average Bonchev–Trinajstić information content (AvgIpc) is 2.82. The maximum absolute atomic E-state index is 9.60. The Balaban J connectivity index is 1.97. The molecule has 0 bridgehead atoms. The molecule has 1 fully saturated rings. The Kier molecular flexibility index (Phi) is 4.92. The maximum Gasteiger partial charge on any atom is 0.133 e. The van der Waals surface area contributed by atoms with E-state index in [2.05, 4.69) is 21.3 Å². The van der Waals surface area contributed by atoms with Crippen molar-refractivity contribution in [3.63, 3.8) is 0 Å². The van der Waals surface area contributed by atoms with Crippen LogP contribution in [0.5, 0.6) is 0 Å². The van der Waals surface area contributed by atoms with Gasteiger partial charge in [-0.3, -0.25) is 0 Å². The lowest BCUT2D eigenvalue weighted by atomic mass is 10.2. The molecule has 1 aliphatic heterocycles. The first-order valence-corrected chi connectivity index (χ1v) is 6.38. The van der Waals surface area contributed by atoms with Crippen LogP contribution in [-0.2, 0) is 11.3 Å². The Hall–Kier alpha value is -1.17. The summed E-state index contributed by atoms with van der Waals surface area (Å²) in [5.41, 5.74) is 1.17. The lowest BCUT2D eigenvalue weighted by Gasteiger charge is -2.20. The number of methoxy groups -OCH3 is 1. The van der Waals surface area contributed by atoms with Crippen molar-refractivity contribution in [1.29, 1.82) is 0 Å². The van der Waals surface area contributed by atoms with Crippen LogP contribution < -0.4 is 10.2 Å². The zero-order valence-corrected chi connectivity index (χ0v) is 10.8. The van der Waals surface area contributed by atoms with Gasteiger partial charge in [0, 0.05) is 45.0 Å². The standard InChI is InChI=1S/C13H21N3O2/c1-18-8-6-14-9-11-3-2-5-15-13(11)16-7-4-12(17)10-16/h2-3,5,12,14,17H,4,6-10H2,1H3. The van der Waals surface area contributed by atoms with E-state index in [4.69, 9.17) is 4.74 Å². The van der Waals surface area contributed by atoms with Gasteiger partial charge in [-0.25, -0.2) is 4.98 Å². The van der Waals surface area contributed by atoms with Crippen LogP contribution in [0.4, 0.5) is 5.82 Å². The topological polar surface area (TPSA) is 57.6 Å². The smallest absolute Gasteiger partial charge is 0.133 e. The maximum atomic E-state index is 9.60. The molecule has 1 aromatic heterocycles. The largest absolute Gasteiger partial charge is 0.391 e. The van der Waals surface area contributed by atoms with Gasteiger partial charge in [-0.1, -0.05) is 6.07 Å². The first-order valence-electron chi connectivity index (χ1n) is 6.38. The number of nitrogens with one attached hydrogen (secondary N) is 1. The number of aliphatic hydroxyl groups is 1. The van der Waals surface area contributed by atoms with Crippen molar-refractivity contribution in [3.05, 3.63) is 23.9 Å². The van der Waals surface area contributed by atoms with E-state index in [-0.39, 0.29) is 6.10 Å². The Labute approximate surface area is 108 Å². The molecule has 0 amide bonds. The summed E-state index contributed by atoms with van der Waals surface area (Å²) in [5, 5.41) is 12.9. The van der Waals surface area contributed by atoms with E-state index in [1.165, 1.54) is 5.56 Å². The Morgan fingerprint density at radius 1 is 1.61 bits per heavy atom. The van der Waals surface area contributed by atoms with E-state index in [0.717, 1.165) is 31.9 Å². The summed E-state index contributed by atoms with van der Waals surface area (Å²) < 4.78 is 5.00. The zero-order chi connectivity index (χ0) is 12.8. The molecule has 0 radical (unpaired) electrons. The summed E-state index contributed by atoms with van der Waals surface area (Å²) in [6.45, 7) is 3.87. The van der Waals surface area contributed by atoms with E-state index >= 15 is 0 Å². The fourth-order valence-corrected chi connectivity index (χ4v) is 2.18. The summed E-state index contributed by atoms with van der Waals surface area (Å²) in [7, 11) is 1.70. The van der Waals surface area contributed by atoms with Crippen LogP contribution in [0.15, 0.2) is 18.3 Å². The third-order valence-corrected chi connectivity index (χ3v) is 3.13. The van der Waals surface area contributed by atoms with Crippen molar-refractivity contribution in [2.24, 2.45) is 0 Å². The van der Waals surface area contributed by atoms with E-state index in [1.54, 1.807) is 13.3 Å². The van der Waals surface area contributed by atoms with Crippen LogP contribution in [0, 0.1) is 0 Å². The Morgan fingerprint density at radius 2 is 2.50 bits per heavy atom. The minimum absolute atomic E-state index is 0.221. The quantitative estimate of drug-likeness (QED) is 0.716. The fraction of sp³-hybridized carbons (Fsp3) is 0.615. The summed E-state index contributed by atoms with van der Waals surface area (Å²) in [4.78, 5) is 6.59. The van der Waals surface area contributed by atoms with Crippen LogP contribution in [0.25, 0.3) is 0 Å². The van der Waals surface area contributed by atoms with Crippen molar-refractivity contribution in [2.45, 2.75) is 19.1 Å². The van der Waals surface area contributed by atoms with Crippen LogP contribution >= 0.6 is 0 Å². The van der Waals surface area contributed by atoms with E-state index in [0.29, 0.717) is 13.2 Å². The molecule has 0 aliphatic carbocycles. The molecule has 1 aromatic rings. The third kappa shape index (κ3) is 3.41.